The van der Waals surface area contributed by atoms with Crippen LogP contribution in [0, 0.1) is 19.3 Å². The molecule has 16 nitrogen and oxygen atoms in total. The van der Waals surface area contributed by atoms with Gasteiger partial charge < -0.3 is 19.7 Å². The summed E-state index contributed by atoms with van der Waals surface area (Å²) in [6.45, 7) is 9.36. The maximum Gasteiger partial charge on any atom is 0.329 e. The Morgan fingerprint density at radius 1 is 0.803 bits per heavy atom. The zero-order valence-corrected chi connectivity index (χ0v) is 41.5. The quantitative estimate of drug-likeness (QED) is 0.0384. The first-order chi connectivity index (χ1) is 33.9. The Kier molecular flexibility index (Phi) is 18.3. The highest BCUT2D eigenvalue weighted by Crippen LogP contribution is 2.34. The molecule has 0 aliphatic carbocycles. The molecule has 0 bridgehead atoms. The van der Waals surface area contributed by atoms with Gasteiger partial charge in [0.15, 0.2) is 5.78 Å². The lowest BCUT2D eigenvalue weighted by Gasteiger charge is -2.36. The van der Waals surface area contributed by atoms with Crippen molar-refractivity contribution in [1.82, 2.24) is 15.1 Å². The number of esters is 1. The molecule has 2 N–H and O–H groups in total. The third kappa shape index (κ3) is 13.7. The van der Waals surface area contributed by atoms with Crippen LogP contribution in [-0.2, 0) is 49.5 Å². The Labute approximate surface area is 414 Å². The lowest BCUT2D eigenvalue weighted by Crippen LogP contribution is -2.54. The Hall–Kier alpha value is -6.84. The number of unbranched alkanes of at least 4 members (excludes halogenated alkanes) is 3. The minimum Gasteiger partial charge on any atom is -0.485 e. The molecule has 6 amide bonds. The van der Waals surface area contributed by atoms with Crippen LogP contribution in [0.15, 0.2) is 60.7 Å². The van der Waals surface area contributed by atoms with Crippen molar-refractivity contribution in [1.29, 1.82) is 0 Å². The Bertz CT molecular complexity index is 2570. The first kappa shape index (κ1) is 53.5. The summed E-state index contributed by atoms with van der Waals surface area (Å²) < 4.78 is 11.9. The van der Waals surface area contributed by atoms with Crippen LogP contribution in [0.3, 0.4) is 0 Å². The van der Waals surface area contributed by atoms with Crippen LogP contribution in [0.1, 0.15) is 166 Å². The normalized spacial score (nSPS) is 17.3. The van der Waals surface area contributed by atoms with Crippen molar-refractivity contribution >= 4 is 64.4 Å². The number of carbonyl (C=O) groups excluding carboxylic acids is 10. The smallest absolute Gasteiger partial charge is 0.329 e. The third-order valence-corrected chi connectivity index (χ3v) is 13.9. The van der Waals surface area contributed by atoms with Crippen LogP contribution >= 0.6 is 0 Å². The number of anilines is 1. The number of hydrogen-bond donors (Lipinski definition) is 2. The Balaban J connectivity index is 0.943. The van der Waals surface area contributed by atoms with Crippen molar-refractivity contribution < 1.29 is 57.4 Å². The number of likely N-dealkylation sites (tertiary alicyclic amines) is 1. The third-order valence-electron chi connectivity index (χ3n) is 13.9. The summed E-state index contributed by atoms with van der Waals surface area (Å²) in [6, 6.07) is 15.7. The number of nitrogens with zero attached hydrogens (tertiary/aromatic N) is 2. The van der Waals surface area contributed by atoms with Crippen LogP contribution in [0.4, 0.5) is 5.69 Å². The van der Waals surface area contributed by atoms with Gasteiger partial charge in [-0.25, -0.2) is 4.79 Å². The van der Waals surface area contributed by atoms with E-state index < -0.39 is 64.9 Å². The second-order valence-electron chi connectivity index (χ2n) is 19.5. The van der Waals surface area contributed by atoms with E-state index in [4.69, 9.17) is 9.47 Å². The van der Waals surface area contributed by atoms with E-state index in [0.717, 1.165) is 21.6 Å². The van der Waals surface area contributed by atoms with Gasteiger partial charge in [0.1, 0.15) is 36.3 Å². The fourth-order valence-corrected chi connectivity index (χ4v) is 9.02. The maximum absolute atomic E-state index is 14.0. The molecule has 3 aromatic carbocycles. The minimum atomic E-state index is -1.12. The average Bonchev–Trinajstić information content (AvgIpc) is 3.61. The summed E-state index contributed by atoms with van der Waals surface area (Å²) in [5.41, 5.74) is 3.66. The van der Waals surface area contributed by atoms with E-state index in [0.29, 0.717) is 75.5 Å². The van der Waals surface area contributed by atoms with Gasteiger partial charge in [-0.1, -0.05) is 70.0 Å². The van der Waals surface area contributed by atoms with Gasteiger partial charge >= 0.3 is 5.97 Å². The highest BCUT2D eigenvalue weighted by molar-refractivity contribution is 6.38. The molecule has 71 heavy (non-hydrogen) atoms. The number of nitrogens with one attached hydrogen (secondary N) is 2. The molecule has 3 aromatic rings. The van der Waals surface area contributed by atoms with E-state index in [1.165, 1.54) is 23.1 Å². The van der Waals surface area contributed by atoms with Crippen molar-refractivity contribution in [3.8, 4) is 5.75 Å². The van der Waals surface area contributed by atoms with E-state index in [1.54, 1.807) is 32.0 Å². The van der Waals surface area contributed by atoms with Crippen molar-refractivity contribution in [3.63, 3.8) is 0 Å². The topological polar surface area (TPSA) is 220 Å². The molecule has 0 aromatic heterocycles. The molecule has 378 valence electrons. The lowest BCUT2D eigenvalue weighted by molar-refractivity contribution is -0.164. The highest BCUT2D eigenvalue weighted by Gasteiger charge is 2.46. The molecule has 2 fully saturated rings. The van der Waals surface area contributed by atoms with Gasteiger partial charge in [-0.3, -0.25) is 53.4 Å². The van der Waals surface area contributed by atoms with E-state index in [9.17, 15) is 47.9 Å². The number of ether oxygens (including phenoxy) is 2. The summed E-state index contributed by atoms with van der Waals surface area (Å²) in [7, 11) is 0. The van der Waals surface area contributed by atoms with Crippen molar-refractivity contribution in [2.45, 2.75) is 156 Å². The molecular weight excluding hydrogens is 909 g/mol. The number of amides is 6. The van der Waals surface area contributed by atoms with Gasteiger partial charge in [-0.2, -0.15) is 0 Å². The summed E-state index contributed by atoms with van der Waals surface area (Å²) in [5, 5.41) is 5.04. The second-order valence-corrected chi connectivity index (χ2v) is 19.5. The fraction of sp³-hybridized carbons (Fsp3) is 0.491. The first-order valence-corrected chi connectivity index (χ1v) is 24.9. The van der Waals surface area contributed by atoms with Crippen LogP contribution in [0.2, 0.25) is 0 Å². The Morgan fingerprint density at radius 3 is 2.25 bits per heavy atom. The molecule has 3 atom stereocenters. The number of rotatable bonds is 24. The zero-order valence-electron chi connectivity index (χ0n) is 41.5. The number of fused-ring (bicyclic) bond motifs is 1. The summed E-state index contributed by atoms with van der Waals surface area (Å²) >= 11 is 0. The van der Waals surface area contributed by atoms with Crippen molar-refractivity contribution in [2.24, 2.45) is 5.41 Å². The predicted molar refractivity (Wildman–Crippen MR) is 262 cm³/mol. The largest absolute Gasteiger partial charge is 0.485 e. The van der Waals surface area contributed by atoms with Crippen molar-refractivity contribution in [3.05, 3.63) is 94.0 Å². The molecule has 0 spiro atoms. The monoisotopic (exact) mass is 974 g/mol. The molecule has 3 heterocycles. The number of aryl methyl sites for hydroxylation is 3. The number of ketones is 3. The van der Waals surface area contributed by atoms with E-state index in [-0.39, 0.29) is 86.0 Å². The summed E-state index contributed by atoms with van der Waals surface area (Å²) in [6.07, 6.45) is 5.56. The molecule has 1 unspecified atom stereocenters. The van der Waals surface area contributed by atoms with E-state index >= 15 is 0 Å². The second kappa shape index (κ2) is 24.3. The van der Waals surface area contributed by atoms with Crippen LogP contribution < -0.4 is 15.4 Å². The zero-order chi connectivity index (χ0) is 51.4. The van der Waals surface area contributed by atoms with Crippen molar-refractivity contribution in [2.75, 3.05) is 18.5 Å². The summed E-state index contributed by atoms with van der Waals surface area (Å²) in [5.74, 6) is -4.92. The minimum absolute atomic E-state index is 0.00589. The Morgan fingerprint density at radius 2 is 1.54 bits per heavy atom. The number of piperidine rings is 2. The van der Waals surface area contributed by atoms with Gasteiger partial charge in [0.05, 0.1) is 11.1 Å². The molecule has 16 heteroatoms. The van der Waals surface area contributed by atoms with E-state index in [1.807, 2.05) is 32.9 Å². The van der Waals surface area contributed by atoms with Gasteiger partial charge in [0.25, 0.3) is 17.7 Å². The van der Waals surface area contributed by atoms with Crippen LogP contribution in [0.5, 0.6) is 5.75 Å². The molecule has 3 aliphatic heterocycles. The van der Waals surface area contributed by atoms with Crippen LogP contribution in [-0.4, -0.2) is 93.8 Å². The number of Topliss-reactive ketones (excluding diaryl/α,β-unsaturated/α-hetero) is 3. The number of benzene rings is 3. The molecule has 3 aliphatic rings. The average molecular weight is 975 g/mol. The number of hydrogen-bond acceptors (Lipinski definition) is 12. The van der Waals surface area contributed by atoms with Gasteiger partial charge in [-0.05, 0) is 118 Å². The first-order valence-electron chi connectivity index (χ1n) is 24.9. The highest BCUT2D eigenvalue weighted by atomic mass is 16.5. The maximum atomic E-state index is 14.0. The summed E-state index contributed by atoms with van der Waals surface area (Å²) in [4.78, 5) is 132. The van der Waals surface area contributed by atoms with Gasteiger partial charge in [0.2, 0.25) is 23.5 Å². The predicted octanol–water partition coefficient (Wildman–Crippen LogP) is 7.58. The van der Waals surface area contributed by atoms with Gasteiger partial charge in [0, 0.05) is 49.8 Å². The van der Waals surface area contributed by atoms with E-state index in [2.05, 4.69) is 22.8 Å². The fourth-order valence-electron chi connectivity index (χ4n) is 9.02. The molecule has 6 rings (SSSR count). The number of carbonyl (C=O) groups is 10. The molecule has 2 saturated heterocycles. The number of imide groups is 2. The SMILES string of the molecule is CCC(C)(C)C(=O)C(=O)N1CCCC[C@H]1C(=O)O[C@H](CCc1ccc(C)c(C)c1)c1cccc(NC(=O)CCC(=O)CCCCCCC(=O)COc2cccc3c2C(=O)N(C2CCC(=O)NC2=O)C3=O)c1. The molecule has 0 radical (unpaired) electrons. The van der Waals surface area contributed by atoms with Crippen LogP contribution in [0.25, 0.3) is 0 Å². The molecule has 0 saturated carbocycles. The standard InChI is InChI=1S/C55H66N4O12/c1-6-55(4,5)49(64)53(68)58-30-12-11-20-43(58)54(69)71-44(27-24-36-23-22-34(2)35(3)31-36)37-15-13-16-38(32-37)56-46(62)28-25-39(60)17-9-7-8-10-18-40(61)33-70-45-21-14-19-41-48(45)52(67)59(51(41)66)42-26-29-47(63)57-50(42)65/h13-16,19,21-23,31-32,42-44H,6-12,17-18,20,24-30,33H2,1-5H3,(H,56,62)(H,57,63,65)/t42?,43-,44+/m0/s1. The van der Waals surface area contributed by atoms with Gasteiger partial charge in [-0.15, -0.1) is 0 Å². The lowest BCUT2D eigenvalue weighted by atomic mass is 9.84. The molecular formula is C55H66N4O12.